The lowest BCUT2D eigenvalue weighted by atomic mass is 10.2. The van der Waals surface area contributed by atoms with Crippen molar-refractivity contribution in [3.05, 3.63) is 59.7 Å². The summed E-state index contributed by atoms with van der Waals surface area (Å²) in [5.74, 6) is -0.654. The van der Waals surface area contributed by atoms with Crippen molar-refractivity contribution in [1.29, 1.82) is 0 Å². The number of benzene rings is 2. The van der Waals surface area contributed by atoms with Gasteiger partial charge in [-0.15, -0.1) is 10.2 Å². The predicted molar refractivity (Wildman–Crippen MR) is 106 cm³/mol. The van der Waals surface area contributed by atoms with Gasteiger partial charge in [0.2, 0.25) is 5.13 Å². The number of anilines is 2. The molecule has 1 aliphatic heterocycles. The number of nitrogens with zero attached hydrogens (tertiary/aromatic N) is 4. The zero-order valence-corrected chi connectivity index (χ0v) is 16.0. The lowest BCUT2D eigenvalue weighted by molar-refractivity contribution is 0.252. The van der Waals surface area contributed by atoms with Crippen LogP contribution in [0.5, 0.6) is 0 Å². The van der Waals surface area contributed by atoms with Gasteiger partial charge in [0, 0.05) is 24.3 Å². The van der Waals surface area contributed by atoms with E-state index in [0.29, 0.717) is 35.2 Å². The van der Waals surface area contributed by atoms with E-state index in [0.717, 1.165) is 17.7 Å². The minimum absolute atomic E-state index is 0.214. The topological polar surface area (TPSA) is 49.3 Å². The van der Waals surface area contributed by atoms with Crippen molar-refractivity contribution in [3.63, 3.8) is 0 Å². The van der Waals surface area contributed by atoms with E-state index in [4.69, 9.17) is 0 Å². The Morgan fingerprint density at radius 2 is 2.00 bits per heavy atom. The van der Waals surface area contributed by atoms with Gasteiger partial charge in [-0.3, -0.25) is 9.80 Å². The van der Waals surface area contributed by atoms with E-state index in [-0.39, 0.29) is 17.7 Å². The molecule has 1 aliphatic rings. The van der Waals surface area contributed by atoms with Crippen LogP contribution in [-0.4, -0.2) is 29.3 Å². The normalized spacial score (nSPS) is 12.9. The van der Waals surface area contributed by atoms with Gasteiger partial charge in [-0.1, -0.05) is 30.4 Å². The maximum Gasteiger partial charge on any atom is 0.330 e. The van der Waals surface area contributed by atoms with Crippen LogP contribution in [0.2, 0.25) is 0 Å². The molecule has 144 valence electrons. The molecule has 2 amide bonds. The second-order valence-corrected chi connectivity index (χ2v) is 7.46. The van der Waals surface area contributed by atoms with Crippen LogP contribution >= 0.6 is 11.3 Å². The fourth-order valence-electron chi connectivity index (χ4n) is 3.27. The average Bonchev–Trinajstić information content (AvgIpc) is 3.32. The van der Waals surface area contributed by atoms with Crippen LogP contribution in [0.1, 0.15) is 18.9 Å². The molecule has 4 rings (SSSR count). The Balaban J connectivity index is 1.63. The molecule has 0 aliphatic carbocycles. The largest absolute Gasteiger partial charge is 0.330 e. The minimum atomic E-state index is -0.350. The number of carbonyl (C=O) groups excluding carboxylic acids is 1. The van der Waals surface area contributed by atoms with Crippen LogP contribution in [0.25, 0.3) is 10.6 Å². The Kier molecular flexibility index (Phi) is 5.04. The quantitative estimate of drug-likeness (QED) is 0.627. The van der Waals surface area contributed by atoms with Crippen molar-refractivity contribution in [2.45, 2.75) is 19.8 Å². The molecule has 1 aromatic heterocycles. The fourth-order valence-corrected chi connectivity index (χ4v) is 4.13. The highest BCUT2D eigenvalue weighted by atomic mass is 32.1. The summed E-state index contributed by atoms with van der Waals surface area (Å²) in [7, 11) is 0. The molecule has 8 heteroatoms. The van der Waals surface area contributed by atoms with Crippen molar-refractivity contribution in [3.8, 4) is 10.6 Å². The van der Waals surface area contributed by atoms with E-state index in [2.05, 4.69) is 10.2 Å². The first-order valence-electron chi connectivity index (χ1n) is 9.03. The summed E-state index contributed by atoms with van der Waals surface area (Å²) in [6.07, 6.45) is 1.36. The number of halogens is 2. The van der Waals surface area contributed by atoms with Crippen molar-refractivity contribution < 1.29 is 13.6 Å². The van der Waals surface area contributed by atoms with E-state index < -0.39 is 0 Å². The van der Waals surface area contributed by atoms with Crippen molar-refractivity contribution in [2.24, 2.45) is 0 Å². The van der Waals surface area contributed by atoms with E-state index in [1.165, 1.54) is 35.6 Å². The van der Waals surface area contributed by atoms with E-state index >= 15 is 0 Å². The Bertz CT molecular complexity index is 1020. The smallest absolute Gasteiger partial charge is 0.293 e. The van der Waals surface area contributed by atoms with Crippen LogP contribution in [0.4, 0.5) is 24.4 Å². The summed E-state index contributed by atoms with van der Waals surface area (Å²) in [6, 6.07) is 10.4. The molecule has 0 saturated carbocycles. The number of aromatic nitrogens is 2. The van der Waals surface area contributed by atoms with Crippen molar-refractivity contribution in [1.82, 2.24) is 10.2 Å². The lowest BCUT2D eigenvalue weighted by Crippen LogP contribution is -2.43. The second-order valence-electron chi connectivity index (χ2n) is 6.51. The Labute approximate surface area is 165 Å². The Morgan fingerprint density at radius 1 is 1.18 bits per heavy atom. The molecule has 0 N–H and O–H groups in total. The summed E-state index contributed by atoms with van der Waals surface area (Å²) >= 11 is 1.24. The van der Waals surface area contributed by atoms with Gasteiger partial charge in [-0.25, -0.2) is 13.6 Å². The molecule has 2 aromatic carbocycles. The molecule has 2 heterocycles. The number of carbonyl (C=O) groups is 1. The van der Waals surface area contributed by atoms with Gasteiger partial charge >= 0.3 is 6.03 Å². The first-order valence-corrected chi connectivity index (χ1v) is 9.85. The maximum atomic E-state index is 13.5. The average molecular weight is 400 g/mol. The summed E-state index contributed by atoms with van der Waals surface area (Å²) in [5.41, 5.74) is 2.17. The van der Waals surface area contributed by atoms with Gasteiger partial charge in [0.15, 0.2) is 0 Å². The van der Waals surface area contributed by atoms with E-state index in [1.807, 2.05) is 6.92 Å². The van der Waals surface area contributed by atoms with Crippen molar-refractivity contribution >= 4 is 28.2 Å². The summed E-state index contributed by atoms with van der Waals surface area (Å²) in [4.78, 5) is 16.4. The number of hydrogen-bond donors (Lipinski definition) is 0. The molecule has 0 unspecified atom stereocenters. The molecule has 0 spiro atoms. The van der Waals surface area contributed by atoms with Crippen LogP contribution in [-0.2, 0) is 6.42 Å². The highest BCUT2D eigenvalue weighted by Gasteiger charge is 2.30. The minimum Gasteiger partial charge on any atom is -0.293 e. The van der Waals surface area contributed by atoms with Crippen LogP contribution in [0.3, 0.4) is 0 Å². The number of amides is 2. The van der Waals surface area contributed by atoms with Gasteiger partial charge < -0.3 is 0 Å². The van der Waals surface area contributed by atoms with Gasteiger partial charge in [0.25, 0.3) is 0 Å². The molecule has 0 bridgehead atoms. The standard InChI is InChI=1S/C20H18F2N4OS/c1-2-9-26(19-24-23-18(28-19)14-4-3-5-15(21)12-14)20(27)25-10-8-13-11-16(22)6-7-17(13)25/h3-7,11-12H,2,8-10H2,1H3. The first kappa shape index (κ1) is 18.5. The van der Waals surface area contributed by atoms with Gasteiger partial charge in [0.05, 0.1) is 0 Å². The van der Waals surface area contributed by atoms with Gasteiger partial charge in [0.1, 0.15) is 16.6 Å². The zero-order valence-electron chi connectivity index (χ0n) is 15.2. The SMILES string of the molecule is CCCN(C(=O)N1CCc2cc(F)ccc21)c1nnc(-c2cccc(F)c2)s1. The Hall–Kier alpha value is -2.87. The molecule has 0 atom stereocenters. The lowest BCUT2D eigenvalue weighted by Gasteiger charge is -2.26. The molecule has 0 saturated heterocycles. The monoisotopic (exact) mass is 400 g/mol. The van der Waals surface area contributed by atoms with Gasteiger partial charge in [-0.2, -0.15) is 0 Å². The third-order valence-electron chi connectivity index (χ3n) is 4.56. The van der Waals surface area contributed by atoms with Crippen LogP contribution in [0, 0.1) is 11.6 Å². The predicted octanol–water partition coefficient (Wildman–Crippen LogP) is 4.88. The molecule has 0 radical (unpaired) electrons. The number of rotatable bonds is 4. The number of hydrogen-bond acceptors (Lipinski definition) is 4. The molecular weight excluding hydrogens is 382 g/mol. The molecule has 0 fully saturated rings. The number of fused-ring (bicyclic) bond motifs is 1. The molecule has 3 aromatic rings. The van der Waals surface area contributed by atoms with Crippen LogP contribution < -0.4 is 9.80 Å². The van der Waals surface area contributed by atoms with Crippen molar-refractivity contribution in [2.75, 3.05) is 22.9 Å². The summed E-state index contributed by atoms with van der Waals surface area (Å²) in [6.45, 7) is 2.94. The molecule has 28 heavy (non-hydrogen) atoms. The summed E-state index contributed by atoms with van der Waals surface area (Å²) in [5, 5.41) is 9.31. The Morgan fingerprint density at radius 3 is 2.79 bits per heavy atom. The second kappa shape index (κ2) is 7.63. The third-order valence-corrected chi connectivity index (χ3v) is 5.56. The van der Waals surface area contributed by atoms with E-state index in [9.17, 15) is 13.6 Å². The molecular formula is C20H18F2N4OS. The highest BCUT2D eigenvalue weighted by Crippen LogP contribution is 2.33. The van der Waals surface area contributed by atoms with E-state index in [1.54, 1.807) is 28.0 Å². The fraction of sp³-hybridized carbons (Fsp3) is 0.250. The highest BCUT2D eigenvalue weighted by molar-refractivity contribution is 7.18. The number of urea groups is 1. The van der Waals surface area contributed by atoms with Crippen LogP contribution in [0.15, 0.2) is 42.5 Å². The maximum absolute atomic E-state index is 13.5. The zero-order chi connectivity index (χ0) is 19.7. The summed E-state index contributed by atoms with van der Waals surface area (Å²) < 4.78 is 27.0. The molecule has 5 nitrogen and oxygen atoms in total. The van der Waals surface area contributed by atoms with Gasteiger partial charge in [-0.05, 0) is 48.7 Å². The first-order chi connectivity index (χ1) is 13.6. The third kappa shape index (κ3) is 3.47.